The Morgan fingerprint density at radius 3 is 2.68 bits per heavy atom. The average molecular weight is 272 g/mol. The SMILES string of the molecule is Cc1cc(C)nc(SCc2cc(F)cc(C#N)c2)c1. The summed E-state index contributed by atoms with van der Waals surface area (Å²) in [7, 11) is 0. The van der Waals surface area contributed by atoms with Gasteiger partial charge in [0.1, 0.15) is 5.82 Å². The number of hydrogen-bond acceptors (Lipinski definition) is 3. The van der Waals surface area contributed by atoms with E-state index in [0.717, 1.165) is 21.8 Å². The predicted molar refractivity (Wildman–Crippen MR) is 74.4 cm³/mol. The lowest BCUT2D eigenvalue weighted by Gasteiger charge is -2.05. The molecule has 1 heterocycles. The number of nitriles is 1. The van der Waals surface area contributed by atoms with Gasteiger partial charge in [-0.1, -0.05) is 0 Å². The molecule has 2 aromatic rings. The van der Waals surface area contributed by atoms with Crippen LogP contribution in [0.2, 0.25) is 0 Å². The first kappa shape index (κ1) is 13.6. The summed E-state index contributed by atoms with van der Waals surface area (Å²) in [6.07, 6.45) is 0. The van der Waals surface area contributed by atoms with Gasteiger partial charge in [0.25, 0.3) is 0 Å². The average Bonchev–Trinajstić information content (AvgIpc) is 2.34. The fourth-order valence-electron chi connectivity index (χ4n) is 1.83. The molecular weight excluding hydrogens is 259 g/mol. The van der Waals surface area contributed by atoms with E-state index in [1.807, 2.05) is 32.0 Å². The minimum atomic E-state index is -0.372. The van der Waals surface area contributed by atoms with Crippen LogP contribution in [0.4, 0.5) is 4.39 Å². The van der Waals surface area contributed by atoms with E-state index in [2.05, 4.69) is 4.98 Å². The summed E-state index contributed by atoms with van der Waals surface area (Å²) >= 11 is 1.54. The molecule has 0 amide bonds. The lowest BCUT2D eigenvalue weighted by atomic mass is 10.1. The third-order valence-electron chi connectivity index (χ3n) is 2.55. The van der Waals surface area contributed by atoms with Gasteiger partial charge < -0.3 is 0 Å². The molecule has 0 unspecified atom stereocenters. The van der Waals surface area contributed by atoms with Crippen molar-refractivity contribution >= 4 is 11.8 Å². The van der Waals surface area contributed by atoms with Crippen molar-refractivity contribution < 1.29 is 4.39 Å². The zero-order chi connectivity index (χ0) is 13.8. The Kier molecular flexibility index (Phi) is 4.18. The molecule has 0 atom stereocenters. The third-order valence-corrected chi connectivity index (χ3v) is 3.53. The molecule has 0 radical (unpaired) electrons. The monoisotopic (exact) mass is 272 g/mol. The summed E-state index contributed by atoms with van der Waals surface area (Å²) < 4.78 is 13.3. The van der Waals surface area contributed by atoms with Crippen molar-refractivity contribution in [3.63, 3.8) is 0 Å². The number of halogens is 1. The third kappa shape index (κ3) is 3.80. The Balaban J connectivity index is 2.14. The zero-order valence-electron chi connectivity index (χ0n) is 10.8. The largest absolute Gasteiger partial charge is 0.247 e. The maximum absolute atomic E-state index is 13.3. The number of nitrogens with zero attached hydrogens (tertiary/aromatic N) is 2. The summed E-state index contributed by atoms with van der Waals surface area (Å²) in [5.74, 6) is 0.227. The molecule has 0 fully saturated rings. The number of rotatable bonds is 3. The van der Waals surface area contributed by atoms with Crippen molar-refractivity contribution in [1.29, 1.82) is 5.26 Å². The van der Waals surface area contributed by atoms with Crippen LogP contribution in [0.25, 0.3) is 0 Å². The second-order valence-electron chi connectivity index (χ2n) is 4.37. The molecule has 0 bridgehead atoms. The molecule has 0 aliphatic heterocycles. The van der Waals surface area contributed by atoms with E-state index >= 15 is 0 Å². The van der Waals surface area contributed by atoms with Crippen LogP contribution < -0.4 is 0 Å². The van der Waals surface area contributed by atoms with Gasteiger partial charge in [0.15, 0.2) is 0 Å². The van der Waals surface area contributed by atoms with Crippen molar-refractivity contribution in [2.45, 2.75) is 24.6 Å². The molecule has 1 aromatic heterocycles. The minimum absolute atomic E-state index is 0.351. The molecule has 19 heavy (non-hydrogen) atoms. The zero-order valence-corrected chi connectivity index (χ0v) is 11.6. The highest BCUT2D eigenvalue weighted by molar-refractivity contribution is 7.98. The molecule has 0 aliphatic carbocycles. The second kappa shape index (κ2) is 5.85. The number of aromatic nitrogens is 1. The van der Waals surface area contributed by atoms with Crippen molar-refractivity contribution in [1.82, 2.24) is 4.98 Å². The first-order valence-electron chi connectivity index (χ1n) is 5.84. The van der Waals surface area contributed by atoms with Gasteiger partial charge in [-0.25, -0.2) is 9.37 Å². The van der Waals surface area contributed by atoms with Crippen LogP contribution in [-0.2, 0) is 5.75 Å². The van der Waals surface area contributed by atoms with Crippen LogP contribution in [0.5, 0.6) is 0 Å². The smallest absolute Gasteiger partial charge is 0.124 e. The topological polar surface area (TPSA) is 36.7 Å². The van der Waals surface area contributed by atoms with Crippen LogP contribution >= 0.6 is 11.8 Å². The highest BCUT2D eigenvalue weighted by Crippen LogP contribution is 2.23. The molecular formula is C15H13FN2S. The second-order valence-corrected chi connectivity index (χ2v) is 5.37. The van der Waals surface area contributed by atoms with E-state index in [-0.39, 0.29) is 5.82 Å². The van der Waals surface area contributed by atoms with Crippen LogP contribution in [0.15, 0.2) is 35.4 Å². The van der Waals surface area contributed by atoms with Gasteiger partial charge in [-0.05, 0) is 55.3 Å². The van der Waals surface area contributed by atoms with Crippen LogP contribution in [-0.4, -0.2) is 4.98 Å². The van der Waals surface area contributed by atoms with Gasteiger partial charge in [-0.3, -0.25) is 0 Å². The fraction of sp³-hybridized carbons (Fsp3) is 0.200. The fourth-order valence-corrected chi connectivity index (χ4v) is 2.79. The molecule has 0 spiro atoms. The summed E-state index contributed by atoms with van der Waals surface area (Å²) in [5, 5.41) is 9.73. The van der Waals surface area contributed by atoms with Gasteiger partial charge in [-0.15, -0.1) is 11.8 Å². The maximum Gasteiger partial charge on any atom is 0.124 e. The predicted octanol–water partition coefficient (Wildman–Crippen LogP) is 4.00. The van der Waals surface area contributed by atoms with Gasteiger partial charge in [-0.2, -0.15) is 5.26 Å². The lowest BCUT2D eigenvalue weighted by molar-refractivity contribution is 0.626. The Morgan fingerprint density at radius 2 is 2.00 bits per heavy atom. The van der Waals surface area contributed by atoms with Crippen LogP contribution in [0.1, 0.15) is 22.4 Å². The standard InChI is InChI=1S/C15H13FN2S/c1-10-3-11(2)18-15(4-10)19-9-13-5-12(8-17)6-14(16)7-13/h3-7H,9H2,1-2H3. The van der Waals surface area contributed by atoms with E-state index in [1.165, 1.54) is 12.1 Å². The van der Waals surface area contributed by atoms with E-state index in [1.54, 1.807) is 17.8 Å². The Bertz CT molecular complexity index is 627. The quantitative estimate of drug-likeness (QED) is 0.792. The molecule has 2 nitrogen and oxygen atoms in total. The van der Waals surface area contributed by atoms with E-state index in [0.29, 0.717) is 11.3 Å². The van der Waals surface area contributed by atoms with Crippen molar-refractivity contribution in [2.24, 2.45) is 0 Å². The molecule has 0 saturated carbocycles. The lowest BCUT2D eigenvalue weighted by Crippen LogP contribution is -1.90. The van der Waals surface area contributed by atoms with E-state index < -0.39 is 0 Å². The first-order valence-corrected chi connectivity index (χ1v) is 6.83. The first-order chi connectivity index (χ1) is 9.06. The summed E-state index contributed by atoms with van der Waals surface area (Å²) in [4.78, 5) is 4.42. The number of hydrogen-bond donors (Lipinski definition) is 0. The van der Waals surface area contributed by atoms with Crippen molar-refractivity contribution in [3.05, 3.63) is 58.5 Å². The normalized spacial score (nSPS) is 10.2. The molecule has 1 aromatic carbocycles. The van der Waals surface area contributed by atoms with Gasteiger partial charge >= 0.3 is 0 Å². The number of thioether (sulfide) groups is 1. The molecule has 0 N–H and O–H groups in total. The Labute approximate surface area is 116 Å². The van der Waals surface area contributed by atoms with Crippen LogP contribution in [0.3, 0.4) is 0 Å². The molecule has 0 aliphatic rings. The molecule has 0 saturated heterocycles. The van der Waals surface area contributed by atoms with Gasteiger partial charge in [0.05, 0.1) is 16.7 Å². The minimum Gasteiger partial charge on any atom is -0.247 e. The van der Waals surface area contributed by atoms with E-state index in [9.17, 15) is 4.39 Å². The summed E-state index contributed by atoms with van der Waals surface area (Å²) in [6.45, 7) is 3.97. The Hall–Kier alpha value is -1.86. The molecule has 2 rings (SSSR count). The molecule has 96 valence electrons. The molecule has 4 heteroatoms. The van der Waals surface area contributed by atoms with Crippen molar-refractivity contribution in [2.75, 3.05) is 0 Å². The van der Waals surface area contributed by atoms with E-state index in [4.69, 9.17) is 5.26 Å². The maximum atomic E-state index is 13.3. The number of aryl methyl sites for hydroxylation is 2. The highest BCUT2D eigenvalue weighted by atomic mass is 32.2. The van der Waals surface area contributed by atoms with Crippen LogP contribution in [0, 0.1) is 31.0 Å². The number of benzene rings is 1. The Morgan fingerprint density at radius 1 is 1.21 bits per heavy atom. The summed E-state index contributed by atoms with van der Waals surface area (Å²) in [5.41, 5.74) is 3.28. The number of pyridine rings is 1. The van der Waals surface area contributed by atoms with Gasteiger partial charge in [0.2, 0.25) is 0 Å². The van der Waals surface area contributed by atoms with Crippen molar-refractivity contribution in [3.8, 4) is 6.07 Å². The summed E-state index contributed by atoms with van der Waals surface area (Å²) in [6, 6.07) is 10.4. The van der Waals surface area contributed by atoms with Gasteiger partial charge in [0, 0.05) is 11.4 Å². The highest BCUT2D eigenvalue weighted by Gasteiger charge is 2.03.